The average molecular weight is 432 g/mol. The molecule has 3 aromatic rings. The van der Waals surface area contributed by atoms with Gasteiger partial charge < -0.3 is 9.53 Å². The average Bonchev–Trinajstić information content (AvgIpc) is 3.22. The van der Waals surface area contributed by atoms with Crippen LogP contribution < -0.4 is 10.4 Å². The second kappa shape index (κ2) is 8.70. The van der Waals surface area contributed by atoms with Crippen molar-refractivity contribution in [1.82, 2.24) is 4.98 Å². The van der Waals surface area contributed by atoms with Crippen molar-refractivity contribution in [1.29, 1.82) is 0 Å². The minimum Gasteiger partial charge on any atom is -0.403 e. The first-order chi connectivity index (χ1) is 14.9. The van der Waals surface area contributed by atoms with E-state index in [1.165, 1.54) is 27.1 Å². The lowest BCUT2D eigenvalue weighted by Crippen LogP contribution is -2.66. The van der Waals surface area contributed by atoms with Gasteiger partial charge in [-0.05, 0) is 57.8 Å². The van der Waals surface area contributed by atoms with E-state index < -0.39 is 8.32 Å². The molecule has 1 aliphatic rings. The molecule has 1 heterocycles. The second-order valence-electron chi connectivity index (χ2n) is 9.73. The summed E-state index contributed by atoms with van der Waals surface area (Å²) < 4.78 is 7.12. The molecule has 0 fully saturated rings. The predicted octanol–water partition coefficient (Wildman–Crippen LogP) is 4.17. The fourth-order valence-corrected chi connectivity index (χ4v) is 9.65. The third kappa shape index (κ3) is 4.00. The van der Waals surface area contributed by atoms with Gasteiger partial charge >= 0.3 is 0 Å². The number of rotatable bonds is 6. The van der Waals surface area contributed by atoms with Crippen molar-refractivity contribution in [2.45, 2.75) is 52.2 Å². The van der Waals surface area contributed by atoms with Crippen LogP contribution >= 0.6 is 0 Å². The molecule has 1 unspecified atom stereocenters. The summed E-state index contributed by atoms with van der Waals surface area (Å²) in [6.07, 6.45) is 3.82. The molecule has 1 aromatic heterocycles. The van der Waals surface area contributed by atoms with Crippen molar-refractivity contribution >= 4 is 18.7 Å². The smallest absolute Gasteiger partial charge is 0.261 e. The molecule has 0 radical (unpaired) electrons. The number of fused-ring (bicyclic) bond motifs is 1. The number of hydrogen-bond acceptors (Lipinski definition) is 3. The van der Waals surface area contributed by atoms with E-state index in [0.717, 1.165) is 18.5 Å². The van der Waals surface area contributed by atoms with Crippen LogP contribution in [0.2, 0.25) is 5.04 Å². The molecule has 0 aliphatic heterocycles. The van der Waals surface area contributed by atoms with Crippen molar-refractivity contribution in [3.63, 3.8) is 0 Å². The number of hydrogen-bond donors (Lipinski definition) is 1. The molecule has 0 spiro atoms. The molecule has 0 saturated carbocycles. The highest BCUT2D eigenvalue weighted by Gasteiger charge is 2.50. The Bertz CT molecular complexity index is 989. The monoisotopic (exact) mass is 431 g/mol. The van der Waals surface area contributed by atoms with Crippen LogP contribution in [0.15, 0.2) is 66.9 Å². The van der Waals surface area contributed by atoms with Gasteiger partial charge in [-0.15, -0.1) is 0 Å². The largest absolute Gasteiger partial charge is 0.403 e. The van der Waals surface area contributed by atoms with Gasteiger partial charge in [-0.2, -0.15) is 0 Å². The predicted molar refractivity (Wildman–Crippen MR) is 129 cm³/mol. The Morgan fingerprint density at radius 1 is 0.935 bits per heavy atom. The van der Waals surface area contributed by atoms with Crippen LogP contribution in [0.1, 0.15) is 43.2 Å². The molecule has 2 aromatic carbocycles. The molecule has 0 bridgehead atoms. The first kappa shape index (κ1) is 21.9. The zero-order valence-corrected chi connectivity index (χ0v) is 20.1. The zero-order chi connectivity index (χ0) is 22.1. The van der Waals surface area contributed by atoms with Crippen molar-refractivity contribution in [3.05, 3.63) is 89.2 Å². The number of pyridine rings is 1. The van der Waals surface area contributed by atoms with Gasteiger partial charge in [0.15, 0.2) is 0 Å². The third-order valence-corrected chi connectivity index (χ3v) is 11.7. The number of nitrogens with zero attached hydrogens (tertiary/aromatic N) is 1. The summed E-state index contributed by atoms with van der Waals surface area (Å²) in [6.45, 7) is 9.76. The van der Waals surface area contributed by atoms with Crippen LogP contribution in [-0.2, 0) is 23.9 Å². The fourth-order valence-electron chi connectivity index (χ4n) is 5.12. The molecule has 4 heteroatoms. The van der Waals surface area contributed by atoms with Gasteiger partial charge in [0.2, 0.25) is 0 Å². The molecule has 162 valence electrons. The second-order valence-corrected chi connectivity index (χ2v) is 14.0. The number of aliphatic hydroxyl groups is 1. The van der Waals surface area contributed by atoms with Crippen LogP contribution in [0.4, 0.5) is 0 Å². The molecule has 1 aliphatic carbocycles. The van der Waals surface area contributed by atoms with Crippen LogP contribution in [0.25, 0.3) is 0 Å². The molecule has 31 heavy (non-hydrogen) atoms. The summed E-state index contributed by atoms with van der Waals surface area (Å²) in [5, 5.41) is 12.3. The maximum Gasteiger partial charge on any atom is 0.261 e. The Balaban J connectivity index is 1.79. The molecule has 0 amide bonds. The van der Waals surface area contributed by atoms with Gasteiger partial charge in [-0.25, -0.2) is 0 Å². The Labute approximate surface area is 187 Å². The molecule has 1 atom stereocenters. The molecular formula is C27H33NO2Si. The highest BCUT2D eigenvalue weighted by atomic mass is 28.4. The lowest BCUT2D eigenvalue weighted by atomic mass is 10.0. The summed E-state index contributed by atoms with van der Waals surface area (Å²) in [4.78, 5) is 4.68. The molecule has 1 N–H and O–H groups in total. The lowest BCUT2D eigenvalue weighted by Gasteiger charge is -2.43. The van der Waals surface area contributed by atoms with Crippen LogP contribution in [0, 0.1) is 12.8 Å². The number of aliphatic hydroxyl groups excluding tert-OH is 1. The topological polar surface area (TPSA) is 42.4 Å². The highest BCUT2D eigenvalue weighted by molar-refractivity contribution is 6.99. The van der Waals surface area contributed by atoms with Crippen molar-refractivity contribution in [2.24, 2.45) is 5.92 Å². The lowest BCUT2D eigenvalue weighted by molar-refractivity contribution is 0.231. The summed E-state index contributed by atoms with van der Waals surface area (Å²) in [7, 11) is -2.58. The summed E-state index contributed by atoms with van der Waals surface area (Å²) in [5.41, 5.74) is 4.90. The van der Waals surface area contributed by atoms with E-state index in [9.17, 15) is 5.11 Å². The number of aryl methyl sites for hydroxylation is 1. The number of aromatic nitrogens is 1. The Hall–Kier alpha value is -2.27. The Kier molecular flexibility index (Phi) is 6.15. The highest BCUT2D eigenvalue weighted by Crippen LogP contribution is 2.38. The van der Waals surface area contributed by atoms with Crippen molar-refractivity contribution < 1.29 is 9.53 Å². The van der Waals surface area contributed by atoms with E-state index in [4.69, 9.17) is 4.43 Å². The van der Waals surface area contributed by atoms with Crippen molar-refractivity contribution in [2.75, 3.05) is 6.61 Å². The Morgan fingerprint density at radius 2 is 1.48 bits per heavy atom. The van der Waals surface area contributed by atoms with E-state index in [-0.39, 0.29) is 11.6 Å². The van der Waals surface area contributed by atoms with Gasteiger partial charge in [0.05, 0.1) is 6.61 Å². The van der Waals surface area contributed by atoms with Gasteiger partial charge in [-0.3, -0.25) is 4.98 Å². The van der Waals surface area contributed by atoms with Crippen LogP contribution in [0.5, 0.6) is 0 Å². The van der Waals surface area contributed by atoms with Crippen molar-refractivity contribution in [3.8, 4) is 0 Å². The summed E-state index contributed by atoms with van der Waals surface area (Å²) >= 11 is 0. The summed E-state index contributed by atoms with van der Waals surface area (Å²) in [6, 6.07) is 21.5. The van der Waals surface area contributed by atoms with E-state index >= 15 is 0 Å². The van der Waals surface area contributed by atoms with Gasteiger partial charge in [0, 0.05) is 18.5 Å². The number of benzene rings is 2. The molecule has 0 saturated heterocycles. The first-order valence-corrected chi connectivity index (χ1v) is 13.1. The SMILES string of the molecule is Cc1ncc(CO[Si](c2ccccc2)(c2ccccc2)C(C)(C)C)c2c1CC(CO)C2. The minimum atomic E-state index is -2.58. The first-order valence-electron chi connectivity index (χ1n) is 11.2. The maximum atomic E-state index is 9.74. The van der Waals surface area contributed by atoms with E-state index in [2.05, 4.69) is 93.3 Å². The summed E-state index contributed by atoms with van der Waals surface area (Å²) in [5.74, 6) is 0.296. The normalized spacial score (nSPS) is 16.4. The molecular weight excluding hydrogens is 398 g/mol. The standard InChI is InChI=1S/C27H33NO2Si/c1-20-25-15-21(18-29)16-26(25)22(17-28-20)19-30-31(27(2,3)4,23-11-7-5-8-12-23)24-13-9-6-10-14-24/h5-14,17,21,29H,15-16,18-19H2,1-4H3. The Morgan fingerprint density at radius 3 is 2.00 bits per heavy atom. The van der Waals surface area contributed by atoms with Crippen LogP contribution in [-0.4, -0.2) is 25.0 Å². The molecule has 4 rings (SSSR count). The van der Waals surface area contributed by atoms with E-state index in [1.54, 1.807) is 0 Å². The van der Waals surface area contributed by atoms with Gasteiger partial charge in [-0.1, -0.05) is 81.4 Å². The van der Waals surface area contributed by atoms with E-state index in [1.807, 2.05) is 6.20 Å². The quantitative estimate of drug-likeness (QED) is 0.596. The van der Waals surface area contributed by atoms with E-state index in [0.29, 0.717) is 12.5 Å². The minimum absolute atomic E-state index is 0.0510. The maximum absolute atomic E-state index is 9.74. The molecule has 3 nitrogen and oxygen atoms in total. The van der Waals surface area contributed by atoms with Gasteiger partial charge in [0.25, 0.3) is 8.32 Å². The third-order valence-electron chi connectivity index (χ3n) is 6.71. The zero-order valence-electron chi connectivity index (χ0n) is 19.1. The fraction of sp³-hybridized carbons (Fsp3) is 0.370. The van der Waals surface area contributed by atoms with Crippen LogP contribution in [0.3, 0.4) is 0 Å². The van der Waals surface area contributed by atoms with Gasteiger partial charge in [0.1, 0.15) is 0 Å².